The molecule has 0 spiro atoms. The van der Waals surface area contributed by atoms with E-state index in [-0.39, 0.29) is 48.5 Å². The van der Waals surface area contributed by atoms with Gasteiger partial charge in [-0.3, -0.25) is 9.55 Å². The van der Waals surface area contributed by atoms with Crippen molar-refractivity contribution in [2.24, 2.45) is 0 Å². The first kappa shape index (κ1) is 47.9. The zero-order valence-electron chi connectivity index (χ0n) is 41.2. The number of phenolic OH excluding ortho intramolecular Hbond substituents is 1. The number of aromatic hydroxyl groups is 1. The summed E-state index contributed by atoms with van der Waals surface area (Å²) in [6.45, 7) is 34.1. The van der Waals surface area contributed by atoms with E-state index in [0.29, 0.717) is 11.4 Å². The Hall–Kier alpha value is -5.09. The molecule has 0 aliphatic rings. The van der Waals surface area contributed by atoms with E-state index < -0.39 is 8.07 Å². The van der Waals surface area contributed by atoms with Crippen LogP contribution in [0.3, 0.4) is 0 Å². The van der Waals surface area contributed by atoms with E-state index in [0.717, 1.165) is 66.9 Å². The fraction of sp³-hybridized carbons (Fsp3) is 0.322. The van der Waals surface area contributed by atoms with Gasteiger partial charge >= 0.3 is 0 Å². The normalized spacial score (nSPS) is 12.8. The Morgan fingerprint density at radius 2 is 1.15 bits per heavy atom. The second kappa shape index (κ2) is 17.0. The summed E-state index contributed by atoms with van der Waals surface area (Å²) in [4.78, 5) is 11.3. The quantitative estimate of drug-likeness (QED) is 0.133. The second-order valence-electron chi connectivity index (χ2n) is 23.0. The number of aromatic nitrogens is 3. The molecule has 2 heterocycles. The number of fused-ring (bicyclic) bond motifs is 2. The first-order valence-electron chi connectivity index (χ1n) is 22.9. The number of pyridine rings is 1. The van der Waals surface area contributed by atoms with E-state index in [4.69, 9.17) is 9.97 Å². The molecule has 65 heavy (non-hydrogen) atoms. The average molecular weight is 1060 g/mol. The van der Waals surface area contributed by atoms with Crippen LogP contribution in [0, 0.1) is 6.07 Å². The van der Waals surface area contributed by atoms with Crippen LogP contribution in [0.2, 0.25) is 19.6 Å². The summed E-state index contributed by atoms with van der Waals surface area (Å²) >= 11 is 0. The first-order chi connectivity index (χ1) is 29.8. The van der Waals surface area contributed by atoms with Crippen LogP contribution in [-0.4, -0.2) is 27.7 Å². The molecule has 0 radical (unpaired) electrons. The standard InChI is InChI=1S/C59H66N3OSi.Pt/c1-56(2,3)40-28-29-51(45(32-40)37-22-17-16-18-23-37)62-52-27-21-26-44(53(52)61-55(62)46-33-41(57(4,5)6)34-48(54(46)63)59(10,11)12)50-36-42(64(13,14)15)35-49(60-50)39-30-38-24-19-20-25-43(38)47(31-39)58(7,8)9;/h16-29,31-36,63H,1-15H3;/q-1;. The van der Waals surface area contributed by atoms with Crippen molar-refractivity contribution in [3.8, 4) is 56.5 Å². The van der Waals surface area contributed by atoms with Gasteiger partial charge in [-0.25, -0.2) is 4.98 Å². The van der Waals surface area contributed by atoms with Gasteiger partial charge in [0.2, 0.25) is 0 Å². The van der Waals surface area contributed by atoms with E-state index in [1.54, 1.807) is 0 Å². The molecule has 2 aromatic heterocycles. The molecule has 6 heteroatoms. The molecule has 6 aromatic carbocycles. The molecule has 8 aromatic rings. The SMILES string of the molecule is CC(C)(C)c1ccc(-n2c(-c3cc(C(C)(C)C)cc(C(C)(C)C)c3O)nc3c(-c4cc([Si](C)(C)C)cc(-c5[c-]c6ccccc6c(C(C)(C)C)c5)n4)cccc32)c(-c2ccccc2)c1.[Pt]. The van der Waals surface area contributed by atoms with Gasteiger partial charge in [0, 0.05) is 43.4 Å². The molecule has 1 N–H and O–H groups in total. The monoisotopic (exact) mass is 1060 g/mol. The minimum absolute atomic E-state index is 0. The first-order valence-corrected chi connectivity index (χ1v) is 26.4. The van der Waals surface area contributed by atoms with Crippen molar-refractivity contribution in [1.82, 2.24) is 14.5 Å². The average Bonchev–Trinajstić information content (AvgIpc) is 3.61. The number of para-hydroxylation sites is 1. The Morgan fingerprint density at radius 1 is 0.538 bits per heavy atom. The molecule has 4 nitrogen and oxygen atoms in total. The summed E-state index contributed by atoms with van der Waals surface area (Å²) in [5, 5.41) is 16.2. The van der Waals surface area contributed by atoms with Gasteiger partial charge < -0.3 is 5.11 Å². The van der Waals surface area contributed by atoms with Crippen molar-refractivity contribution < 1.29 is 26.2 Å². The number of benzene rings is 6. The number of imidazole rings is 1. The van der Waals surface area contributed by atoms with E-state index in [1.807, 2.05) is 0 Å². The van der Waals surface area contributed by atoms with Crippen molar-refractivity contribution in [2.75, 3.05) is 0 Å². The van der Waals surface area contributed by atoms with Crippen LogP contribution in [0.4, 0.5) is 0 Å². The molecule has 0 amide bonds. The van der Waals surface area contributed by atoms with E-state index in [1.165, 1.54) is 21.7 Å². The fourth-order valence-electron chi connectivity index (χ4n) is 8.81. The van der Waals surface area contributed by atoms with Gasteiger partial charge in [0.25, 0.3) is 0 Å². The minimum atomic E-state index is -1.88. The summed E-state index contributed by atoms with van der Waals surface area (Å²) in [5.74, 6) is 0.949. The van der Waals surface area contributed by atoms with Gasteiger partial charge in [-0.15, -0.1) is 29.1 Å². The molecule has 338 valence electrons. The van der Waals surface area contributed by atoms with Gasteiger partial charge in [0.1, 0.15) is 11.6 Å². The summed E-state index contributed by atoms with van der Waals surface area (Å²) in [5.41, 5.74) is 13.4. The van der Waals surface area contributed by atoms with Crippen LogP contribution in [-0.2, 0) is 42.7 Å². The third-order valence-corrected chi connectivity index (χ3v) is 14.7. The Bertz CT molecular complexity index is 3070. The van der Waals surface area contributed by atoms with Crippen molar-refractivity contribution in [3.63, 3.8) is 0 Å². The van der Waals surface area contributed by atoms with Gasteiger partial charge in [-0.1, -0.05) is 198 Å². The largest absolute Gasteiger partial charge is 0.507 e. The molecule has 0 aliphatic carbocycles. The fourth-order valence-corrected chi connectivity index (χ4v) is 9.95. The molecule has 0 bridgehead atoms. The predicted octanol–water partition coefficient (Wildman–Crippen LogP) is 15.5. The van der Waals surface area contributed by atoms with Gasteiger partial charge in [-0.2, -0.15) is 0 Å². The third kappa shape index (κ3) is 9.34. The number of hydrogen-bond donors (Lipinski definition) is 1. The third-order valence-electron chi connectivity index (χ3n) is 12.7. The zero-order chi connectivity index (χ0) is 46.3. The summed E-state index contributed by atoms with van der Waals surface area (Å²) in [6, 6.07) is 47.6. The number of hydrogen-bond acceptors (Lipinski definition) is 3. The summed E-state index contributed by atoms with van der Waals surface area (Å²) in [7, 11) is -1.88. The van der Waals surface area contributed by atoms with Crippen LogP contribution in [0.25, 0.3) is 72.5 Å². The Labute approximate surface area is 403 Å². The molecule has 8 rings (SSSR count). The van der Waals surface area contributed by atoms with E-state index in [9.17, 15) is 5.11 Å². The molecule has 0 saturated carbocycles. The predicted molar refractivity (Wildman–Crippen MR) is 276 cm³/mol. The van der Waals surface area contributed by atoms with Crippen molar-refractivity contribution in [1.29, 1.82) is 0 Å². The molecule has 0 atom stereocenters. The van der Waals surface area contributed by atoms with Crippen LogP contribution in [0.1, 0.15) is 105 Å². The van der Waals surface area contributed by atoms with Gasteiger partial charge in [0.15, 0.2) is 0 Å². The van der Waals surface area contributed by atoms with Crippen molar-refractivity contribution in [3.05, 3.63) is 150 Å². The number of phenols is 1. The maximum Gasteiger partial charge on any atom is 0.149 e. The molecule has 0 fully saturated rings. The van der Waals surface area contributed by atoms with Crippen molar-refractivity contribution in [2.45, 2.75) is 124 Å². The maximum atomic E-state index is 12.6. The Balaban J connectivity index is 0.00000630. The molecular weight excluding hydrogens is 990 g/mol. The molecule has 0 saturated heterocycles. The van der Waals surface area contributed by atoms with E-state index >= 15 is 0 Å². The topological polar surface area (TPSA) is 50.9 Å². The van der Waals surface area contributed by atoms with Crippen LogP contribution in [0.5, 0.6) is 5.75 Å². The van der Waals surface area contributed by atoms with Crippen molar-refractivity contribution >= 4 is 35.1 Å². The second-order valence-corrected chi connectivity index (χ2v) is 28.1. The van der Waals surface area contributed by atoms with Crippen LogP contribution < -0.4 is 5.19 Å². The molecule has 0 unspecified atom stereocenters. The van der Waals surface area contributed by atoms with E-state index in [2.05, 4.69) is 235 Å². The summed E-state index contributed by atoms with van der Waals surface area (Å²) < 4.78 is 2.29. The van der Waals surface area contributed by atoms with Gasteiger partial charge in [0.05, 0.1) is 36.1 Å². The molecular formula is C59H66N3OPtSi-. The smallest absolute Gasteiger partial charge is 0.149 e. The molecule has 0 aliphatic heterocycles. The maximum absolute atomic E-state index is 12.6. The summed E-state index contributed by atoms with van der Waals surface area (Å²) in [6.07, 6.45) is 0. The van der Waals surface area contributed by atoms with Gasteiger partial charge in [-0.05, 0) is 68.7 Å². The Kier molecular flexibility index (Phi) is 12.5. The van der Waals surface area contributed by atoms with Crippen LogP contribution in [0.15, 0.2) is 121 Å². The van der Waals surface area contributed by atoms with Crippen LogP contribution >= 0.6 is 0 Å². The Morgan fingerprint density at radius 3 is 1.78 bits per heavy atom. The number of nitrogens with zero attached hydrogens (tertiary/aromatic N) is 3. The zero-order valence-corrected chi connectivity index (χ0v) is 44.4. The minimum Gasteiger partial charge on any atom is -0.507 e. The number of rotatable bonds is 6.